The van der Waals surface area contributed by atoms with Gasteiger partial charge in [-0.25, -0.2) is 5.01 Å². The van der Waals surface area contributed by atoms with Gasteiger partial charge in [0.2, 0.25) is 0 Å². The van der Waals surface area contributed by atoms with E-state index in [1.165, 1.54) is 5.56 Å². The maximum Gasteiger partial charge on any atom is 0.257 e. The molecule has 0 spiro atoms. The van der Waals surface area contributed by atoms with E-state index in [2.05, 4.69) is 43.0 Å². The lowest BCUT2D eigenvalue weighted by molar-refractivity contribution is -0.134. The summed E-state index contributed by atoms with van der Waals surface area (Å²) in [6, 6.07) is 16.0. The van der Waals surface area contributed by atoms with Crippen molar-refractivity contribution in [2.45, 2.75) is 39.2 Å². The van der Waals surface area contributed by atoms with Crippen molar-refractivity contribution in [2.75, 3.05) is 19.6 Å². The number of hydrogen-bond donors (Lipinski definition) is 0. The van der Waals surface area contributed by atoms with Crippen molar-refractivity contribution in [3.8, 4) is 0 Å². The van der Waals surface area contributed by atoms with Gasteiger partial charge in [-0.15, -0.1) is 0 Å². The lowest BCUT2D eigenvalue weighted by Crippen LogP contribution is -2.41. The Morgan fingerprint density at radius 3 is 2.48 bits per heavy atom. The summed E-state index contributed by atoms with van der Waals surface area (Å²) in [6.45, 7) is 6.73. The van der Waals surface area contributed by atoms with Gasteiger partial charge in [0.05, 0.1) is 18.3 Å². The van der Waals surface area contributed by atoms with Crippen LogP contribution in [0.3, 0.4) is 0 Å². The van der Waals surface area contributed by atoms with E-state index in [4.69, 9.17) is 16.7 Å². The molecule has 29 heavy (non-hydrogen) atoms. The van der Waals surface area contributed by atoms with Crippen LogP contribution in [0.25, 0.3) is 0 Å². The van der Waals surface area contributed by atoms with Gasteiger partial charge >= 0.3 is 0 Å². The zero-order valence-corrected chi connectivity index (χ0v) is 17.9. The molecule has 2 aromatic carbocycles. The van der Waals surface area contributed by atoms with Crippen LogP contribution in [0.15, 0.2) is 53.6 Å². The Bertz CT molecular complexity index is 901. The van der Waals surface area contributed by atoms with E-state index in [1.54, 1.807) is 5.01 Å². The SMILES string of the molecule is Cc1ccc(C2=NN(C(=O)CN3CCC(C)CC3)[C@@H](c3ccccc3Cl)C2)cc1. The Morgan fingerprint density at radius 1 is 1.10 bits per heavy atom. The zero-order chi connectivity index (χ0) is 20.4. The van der Waals surface area contributed by atoms with Crippen LogP contribution in [0.1, 0.15) is 48.9 Å². The normalized spacial score (nSPS) is 20.7. The molecular weight excluding hydrogens is 382 g/mol. The van der Waals surface area contributed by atoms with Crippen LogP contribution in [-0.2, 0) is 4.79 Å². The summed E-state index contributed by atoms with van der Waals surface area (Å²) in [4.78, 5) is 15.5. The molecular formula is C24H28ClN3O. The van der Waals surface area contributed by atoms with Gasteiger partial charge in [0.1, 0.15) is 0 Å². The highest BCUT2D eigenvalue weighted by molar-refractivity contribution is 6.31. The fraction of sp³-hybridized carbons (Fsp3) is 0.417. The van der Waals surface area contributed by atoms with Crippen molar-refractivity contribution < 1.29 is 4.79 Å². The number of piperidine rings is 1. The maximum absolute atomic E-state index is 13.3. The van der Waals surface area contributed by atoms with Gasteiger partial charge in [0.25, 0.3) is 5.91 Å². The van der Waals surface area contributed by atoms with Gasteiger partial charge in [-0.3, -0.25) is 9.69 Å². The second-order valence-electron chi connectivity index (χ2n) is 8.35. The number of hydrazone groups is 1. The van der Waals surface area contributed by atoms with E-state index >= 15 is 0 Å². The molecule has 0 aromatic heterocycles. The fourth-order valence-electron chi connectivity index (χ4n) is 4.13. The number of rotatable bonds is 4. The van der Waals surface area contributed by atoms with Crippen LogP contribution in [0, 0.1) is 12.8 Å². The molecule has 0 N–H and O–H groups in total. The Hall–Kier alpha value is -2.17. The van der Waals surface area contributed by atoms with Crippen molar-refractivity contribution in [3.05, 3.63) is 70.2 Å². The van der Waals surface area contributed by atoms with E-state index in [1.807, 2.05) is 24.3 Å². The van der Waals surface area contributed by atoms with E-state index in [0.717, 1.165) is 48.7 Å². The molecule has 2 heterocycles. The largest absolute Gasteiger partial charge is 0.294 e. The summed E-state index contributed by atoms with van der Waals surface area (Å²) in [5.41, 5.74) is 4.17. The highest BCUT2D eigenvalue weighted by Crippen LogP contribution is 2.36. The van der Waals surface area contributed by atoms with Crippen LogP contribution < -0.4 is 0 Å². The van der Waals surface area contributed by atoms with Gasteiger partial charge < -0.3 is 0 Å². The average molecular weight is 410 g/mol. The van der Waals surface area contributed by atoms with Gasteiger partial charge in [0, 0.05) is 11.4 Å². The zero-order valence-electron chi connectivity index (χ0n) is 17.1. The van der Waals surface area contributed by atoms with Gasteiger partial charge in [-0.2, -0.15) is 5.10 Å². The number of halogens is 1. The third-order valence-electron chi connectivity index (χ3n) is 6.05. The first kappa shape index (κ1) is 20.1. The number of carbonyl (C=O) groups excluding carboxylic acids is 1. The summed E-state index contributed by atoms with van der Waals surface area (Å²) in [6.07, 6.45) is 2.98. The van der Waals surface area contributed by atoms with Gasteiger partial charge in [-0.1, -0.05) is 66.6 Å². The Labute approximate surface area is 178 Å². The minimum absolute atomic E-state index is 0.0478. The van der Waals surface area contributed by atoms with E-state index in [0.29, 0.717) is 18.0 Å². The maximum atomic E-state index is 13.3. The molecule has 1 saturated heterocycles. The van der Waals surface area contributed by atoms with Crippen molar-refractivity contribution in [3.63, 3.8) is 0 Å². The Morgan fingerprint density at radius 2 is 1.79 bits per heavy atom. The predicted octanol–water partition coefficient (Wildman–Crippen LogP) is 5.06. The highest BCUT2D eigenvalue weighted by atomic mass is 35.5. The van der Waals surface area contributed by atoms with Gasteiger partial charge in [0.15, 0.2) is 0 Å². The Kier molecular flexibility index (Phi) is 6.02. The summed E-state index contributed by atoms with van der Waals surface area (Å²) in [5.74, 6) is 0.793. The first-order valence-electron chi connectivity index (χ1n) is 10.4. The first-order chi connectivity index (χ1) is 14.0. The van der Waals surface area contributed by atoms with E-state index in [9.17, 15) is 4.79 Å². The van der Waals surface area contributed by atoms with Crippen molar-refractivity contribution in [1.82, 2.24) is 9.91 Å². The average Bonchev–Trinajstić information content (AvgIpc) is 3.16. The summed E-state index contributed by atoms with van der Waals surface area (Å²) < 4.78 is 0. The van der Waals surface area contributed by atoms with Crippen LogP contribution in [0.5, 0.6) is 0 Å². The minimum Gasteiger partial charge on any atom is -0.294 e. The number of benzene rings is 2. The molecule has 0 radical (unpaired) electrons. The summed E-state index contributed by atoms with van der Waals surface area (Å²) in [7, 11) is 0. The number of carbonyl (C=O) groups is 1. The molecule has 1 amide bonds. The third-order valence-corrected chi connectivity index (χ3v) is 6.39. The van der Waals surface area contributed by atoms with E-state index < -0.39 is 0 Å². The molecule has 1 atom stereocenters. The van der Waals surface area contributed by atoms with Crippen molar-refractivity contribution in [1.29, 1.82) is 0 Å². The molecule has 0 saturated carbocycles. The van der Waals surface area contributed by atoms with Crippen LogP contribution in [-0.4, -0.2) is 41.2 Å². The van der Waals surface area contributed by atoms with Crippen molar-refractivity contribution >= 4 is 23.2 Å². The molecule has 4 nitrogen and oxygen atoms in total. The number of nitrogens with zero attached hydrogens (tertiary/aromatic N) is 3. The quantitative estimate of drug-likeness (QED) is 0.707. The van der Waals surface area contributed by atoms with Crippen LogP contribution in [0.4, 0.5) is 0 Å². The number of aryl methyl sites for hydroxylation is 1. The number of likely N-dealkylation sites (tertiary alicyclic amines) is 1. The molecule has 2 aromatic rings. The van der Waals surface area contributed by atoms with Gasteiger partial charge in [-0.05, 0) is 56.0 Å². The second kappa shape index (κ2) is 8.68. The highest BCUT2D eigenvalue weighted by Gasteiger charge is 2.35. The monoisotopic (exact) mass is 409 g/mol. The molecule has 152 valence electrons. The molecule has 1 fully saturated rings. The molecule has 4 rings (SSSR count). The Balaban J connectivity index is 1.59. The third kappa shape index (κ3) is 4.54. The summed E-state index contributed by atoms with van der Waals surface area (Å²) in [5, 5.41) is 7.14. The summed E-state index contributed by atoms with van der Waals surface area (Å²) >= 11 is 6.50. The smallest absolute Gasteiger partial charge is 0.257 e. The second-order valence-corrected chi connectivity index (χ2v) is 8.76. The van der Waals surface area contributed by atoms with Crippen LogP contribution >= 0.6 is 11.6 Å². The topological polar surface area (TPSA) is 35.9 Å². The fourth-order valence-corrected chi connectivity index (χ4v) is 4.39. The molecule has 0 unspecified atom stereocenters. The molecule has 2 aliphatic rings. The minimum atomic E-state index is -0.156. The molecule has 5 heteroatoms. The number of amides is 1. The predicted molar refractivity (Wildman–Crippen MR) is 118 cm³/mol. The molecule has 2 aliphatic heterocycles. The van der Waals surface area contributed by atoms with Crippen molar-refractivity contribution in [2.24, 2.45) is 11.0 Å². The lowest BCUT2D eigenvalue weighted by Gasteiger charge is -2.31. The standard InChI is InChI=1S/C24H28ClN3O/c1-17-7-9-19(10-8-17)22-15-23(20-5-3-4-6-21(20)25)28(26-22)24(29)16-27-13-11-18(2)12-14-27/h3-10,18,23H,11-16H2,1-2H3/t23-/m1/s1. The van der Waals surface area contributed by atoms with Crippen LogP contribution in [0.2, 0.25) is 5.02 Å². The molecule has 0 aliphatic carbocycles. The van der Waals surface area contributed by atoms with E-state index in [-0.39, 0.29) is 11.9 Å². The lowest BCUT2D eigenvalue weighted by atomic mass is 9.97. The number of hydrogen-bond acceptors (Lipinski definition) is 3. The molecule has 0 bridgehead atoms. The first-order valence-corrected chi connectivity index (χ1v) is 10.8.